The normalized spacial score (nSPS) is 12.1. The van der Waals surface area contributed by atoms with Crippen LogP contribution in [0.15, 0.2) is 22.7 Å². The molecule has 1 N–H and O–H groups in total. The summed E-state index contributed by atoms with van der Waals surface area (Å²) in [6.45, 7) is 0. The summed E-state index contributed by atoms with van der Waals surface area (Å²) in [6, 6.07) is 4.29. The second-order valence-corrected chi connectivity index (χ2v) is 4.07. The fourth-order valence-electron chi connectivity index (χ4n) is 1.49. The van der Waals surface area contributed by atoms with Gasteiger partial charge in [-0.1, -0.05) is 0 Å². The van der Waals surface area contributed by atoms with Crippen molar-refractivity contribution < 1.29 is 17.9 Å². The number of hydrogen-bond donors (Lipinski definition) is 1. The van der Waals surface area contributed by atoms with Gasteiger partial charge in [0.1, 0.15) is 11.4 Å². The number of rotatable bonds is 1. The van der Waals surface area contributed by atoms with Gasteiger partial charge in [-0.2, -0.15) is 13.2 Å². The van der Waals surface area contributed by atoms with Crippen molar-refractivity contribution in [3.63, 3.8) is 0 Å². The van der Waals surface area contributed by atoms with E-state index >= 15 is 0 Å². The van der Waals surface area contributed by atoms with Gasteiger partial charge >= 0.3 is 6.18 Å². The Morgan fingerprint density at radius 1 is 1.31 bits per heavy atom. The Morgan fingerprint density at radius 2 is 2.00 bits per heavy atom. The minimum absolute atomic E-state index is 0.381. The fourth-order valence-corrected chi connectivity index (χ4v) is 1.93. The molecule has 6 heteroatoms. The van der Waals surface area contributed by atoms with Gasteiger partial charge in [-0.15, -0.1) is 0 Å². The molecular formula is C10H7BrF3NO. The van der Waals surface area contributed by atoms with Crippen LogP contribution in [-0.4, -0.2) is 12.1 Å². The lowest BCUT2D eigenvalue weighted by atomic mass is 10.2. The summed E-state index contributed by atoms with van der Waals surface area (Å²) in [6.07, 6.45) is -4.39. The lowest BCUT2D eigenvalue weighted by Crippen LogP contribution is -2.04. The van der Waals surface area contributed by atoms with Crippen LogP contribution >= 0.6 is 15.9 Å². The van der Waals surface area contributed by atoms with Crippen LogP contribution in [0.5, 0.6) is 5.75 Å². The number of halogens is 4. The molecule has 0 bridgehead atoms. The van der Waals surface area contributed by atoms with E-state index in [1.807, 2.05) is 0 Å². The van der Waals surface area contributed by atoms with E-state index in [2.05, 4.69) is 20.9 Å². The number of ether oxygens (including phenoxy) is 1. The first kappa shape index (κ1) is 11.3. The monoisotopic (exact) mass is 293 g/mol. The third-order valence-corrected chi connectivity index (χ3v) is 2.89. The Bertz CT molecular complexity index is 533. The molecule has 0 fully saturated rings. The van der Waals surface area contributed by atoms with E-state index in [1.165, 1.54) is 7.11 Å². The van der Waals surface area contributed by atoms with E-state index in [0.717, 1.165) is 6.07 Å². The Balaban J connectivity index is 2.73. The van der Waals surface area contributed by atoms with Crippen molar-refractivity contribution in [1.29, 1.82) is 0 Å². The maximum absolute atomic E-state index is 12.5. The van der Waals surface area contributed by atoms with E-state index < -0.39 is 11.9 Å². The highest BCUT2D eigenvalue weighted by atomic mass is 79.9. The van der Waals surface area contributed by atoms with Gasteiger partial charge in [-0.3, -0.25) is 0 Å². The summed E-state index contributed by atoms with van der Waals surface area (Å²) in [5.74, 6) is 0.407. The number of nitrogens with one attached hydrogen (secondary N) is 1. The summed E-state index contributed by atoms with van der Waals surface area (Å²) >= 11 is 3.19. The van der Waals surface area contributed by atoms with Crippen molar-refractivity contribution in [2.75, 3.05) is 7.11 Å². The number of benzene rings is 1. The highest BCUT2D eigenvalue weighted by Crippen LogP contribution is 2.37. The van der Waals surface area contributed by atoms with Gasteiger partial charge in [-0.05, 0) is 34.1 Å². The largest absolute Gasteiger partial charge is 0.496 e. The van der Waals surface area contributed by atoms with Crippen LogP contribution in [0.2, 0.25) is 0 Å². The fraction of sp³-hybridized carbons (Fsp3) is 0.200. The molecule has 1 aromatic carbocycles. The number of fused-ring (bicyclic) bond motifs is 1. The molecule has 0 aliphatic heterocycles. The molecule has 0 saturated carbocycles. The molecule has 1 aromatic heterocycles. The molecule has 0 aliphatic rings. The molecular weight excluding hydrogens is 287 g/mol. The van der Waals surface area contributed by atoms with E-state index in [0.29, 0.717) is 21.1 Å². The lowest BCUT2D eigenvalue weighted by Gasteiger charge is -2.01. The quantitative estimate of drug-likeness (QED) is 0.846. The topological polar surface area (TPSA) is 25.0 Å². The average Bonchev–Trinajstić information content (AvgIpc) is 2.63. The van der Waals surface area contributed by atoms with Crippen LogP contribution in [0.25, 0.3) is 10.9 Å². The molecule has 0 radical (unpaired) electrons. The minimum atomic E-state index is -4.39. The maximum Gasteiger partial charge on any atom is 0.431 e. The van der Waals surface area contributed by atoms with Gasteiger partial charge < -0.3 is 9.72 Å². The van der Waals surface area contributed by atoms with Crippen molar-refractivity contribution in [3.05, 3.63) is 28.4 Å². The molecule has 16 heavy (non-hydrogen) atoms. The Kier molecular flexibility index (Phi) is 2.61. The van der Waals surface area contributed by atoms with Crippen molar-refractivity contribution in [1.82, 2.24) is 4.98 Å². The summed E-state index contributed by atoms with van der Waals surface area (Å²) in [4.78, 5) is 2.33. The van der Waals surface area contributed by atoms with Crippen molar-refractivity contribution in [3.8, 4) is 5.75 Å². The van der Waals surface area contributed by atoms with Crippen LogP contribution < -0.4 is 4.74 Å². The van der Waals surface area contributed by atoms with Gasteiger partial charge in [-0.25, -0.2) is 0 Å². The average molecular weight is 294 g/mol. The first-order chi connectivity index (χ1) is 7.43. The molecule has 2 rings (SSSR count). The molecule has 86 valence electrons. The van der Waals surface area contributed by atoms with Crippen LogP contribution in [0, 0.1) is 0 Å². The highest BCUT2D eigenvalue weighted by Gasteiger charge is 2.33. The summed E-state index contributed by atoms with van der Waals surface area (Å²) in [5.41, 5.74) is -0.403. The summed E-state index contributed by atoms with van der Waals surface area (Å²) in [7, 11) is 1.42. The van der Waals surface area contributed by atoms with Crippen LogP contribution in [0.4, 0.5) is 13.2 Å². The number of H-pyrrole nitrogens is 1. The zero-order chi connectivity index (χ0) is 11.9. The first-order valence-corrected chi connectivity index (χ1v) is 5.15. The van der Waals surface area contributed by atoms with E-state index in [-0.39, 0.29) is 0 Å². The molecule has 0 aliphatic carbocycles. The molecule has 0 saturated heterocycles. The van der Waals surface area contributed by atoms with Gasteiger partial charge in [0.15, 0.2) is 0 Å². The van der Waals surface area contributed by atoms with E-state index in [9.17, 15) is 13.2 Å². The minimum Gasteiger partial charge on any atom is -0.496 e. The zero-order valence-corrected chi connectivity index (χ0v) is 9.74. The summed E-state index contributed by atoms with van der Waals surface area (Å²) < 4.78 is 43.1. The van der Waals surface area contributed by atoms with E-state index in [1.54, 1.807) is 12.1 Å². The molecule has 2 aromatic rings. The zero-order valence-electron chi connectivity index (χ0n) is 8.15. The maximum atomic E-state index is 12.5. The predicted octanol–water partition coefficient (Wildman–Crippen LogP) is 3.96. The second kappa shape index (κ2) is 3.69. The van der Waals surface area contributed by atoms with Gasteiger partial charge in [0.25, 0.3) is 0 Å². The smallest absolute Gasteiger partial charge is 0.431 e. The third kappa shape index (κ3) is 1.77. The SMILES string of the molecule is COc1ccc(Br)c2[nH]c(C(F)(F)F)cc12. The third-order valence-electron chi connectivity index (χ3n) is 2.23. The Hall–Kier alpha value is -1.17. The van der Waals surface area contributed by atoms with Crippen LogP contribution in [0.3, 0.4) is 0 Å². The number of aromatic amines is 1. The summed E-state index contributed by atoms with van der Waals surface area (Å²) in [5, 5.41) is 0.407. The second-order valence-electron chi connectivity index (χ2n) is 3.22. The number of methoxy groups -OCH3 is 1. The Morgan fingerprint density at radius 3 is 2.56 bits per heavy atom. The van der Waals surface area contributed by atoms with Crippen LogP contribution in [-0.2, 0) is 6.18 Å². The first-order valence-electron chi connectivity index (χ1n) is 4.36. The van der Waals surface area contributed by atoms with Gasteiger partial charge in [0, 0.05) is 9.86 Å². The van der Waals surface area contributed by atoms with Crippen LogP contribution in [0.1, 0.15) is 5.69 Å². The molecule has 1 heterocycles. The van der Waals surface area contributed by atoms with Crippen molar-refractivity contribution in [2.45, 2.75) is 6.18 Å². The standard InChI is InChI=1S/C10H7BrF3NO/c1-16-7-3-2-6(11)9-5(7)4-8(15-9)10(12,13)14/h2-4,15H,1H3. The molecule has 2 nitrogen and oxygen atoms in total. The lowest BCUT2D eigenvalue weighted by molar-refractivity contribution is -0.140. The van der Waals surface area contributed by atoms with Crippen molar-refractivity contribution in [2.24, 2.45) is 0 Å². The molecule has 0 amide bonds. The van der Waals surface area contributed by atoms with Crippen molar-refractivity contribution >= 4 is 26.8 Å². The highest BCUT2D eigenvalue weighted by molar-refractivity contribution is 9.10. The number of aromatic nitrogens is 1. The van der Waals surface area contributed by atoms with E-state index in [4.69, 9.17) is 4.74 Å². The molecule has 0 unspecified atom stereocenters. The Labute approximate surface area is 97.5 Å². The predicted molar refractivity (Wildman–Crippen MR) is 57.6 cm³/mol. The van der Waals surface area contributed by atoms with Gasteiger partial charge in [0.2, 0.25) is 0 Å². The molecule has 0 atom stereocenters. The van der Waals surface area contributed by atoms with Gasteiger partial charge in [0.05, 0.1) is 12.6 Å². The number of hydrogen-bond acceptors (Lipinski definition) is 1. The molecule has 0 spiro atoms. The number of alkyl halides is 3.